The summed E-state index contributed by atoms with van der Waals surface area (Å²) in [5.74, 6) is 1.20. The average molecular weight is 317 g/mol. The molecule has 1 aliphatic rings. The van der Waals surface area contributed by atoms with Crippen molar-refractivity contribution in [2.24, 2.45) is 5.73 Å². The van der Waals surface area contributed by atoms with Crippen LogP contribution in [0.1, 0.15) is 28.1 Å². The fourth-order valence-electron chi connectivity index (χ4n) is 2.42. The van der Waals surface area contributed by atoms with Crippen LogP contribution in [0, 0.1) is 0 Å². The van der Waals surface area contributed by atoms with E-state index >= 15 is 0 Å². The third kappa shape index (κ3) is 3.66. The second-order valence-corrected chi connectivity index (χ2v) is 5.42. The molecule has 122 valence electrons. The van der Waals surface area contributed by atoms with Gasteiger partial charge in [0, 0.05) is 25.2 Å². The Balaban J connectivity index is 1.59. The zero-order valence-corrected chi connectivity index (χ0v) is 12.9. The number of nitrogens with two attached hydrogens (primary N) is 1. The maximum Gasteiger partial charge on any atom is 0.264 e. The first-order valence-electron chi connectivity index (χ1n) is 7.39. The van der Waals surface area contributed by atoms with Gasteiger partial charge in [-0.2, -0.15) is 4.98 Å². The lowest BCUT2D eigenvalue weighted by Gasteiger charge is -2.30. The van der Waals surface area contributed by atoms with E-state index in [4.69, 9.17) is 15.0 Å². The number of likely N-dealkylation sites (N-methyl/N-ethyl adjacent to an activating group) is 1. The molecule has 0 saturated carbocycles. The van der Waals surface area contributed by atoms with Crippen LogP contribution in [0.25, 0.3) is 0 Å². The number of benzene rings is 1. The van der Waals surface area contributed by atoms with E-state index in [1.807, 2.05) is 7.05 Å². The summed E-state index contributed by atoms with van der Waals surface area (Å²) in [6.45, 7) is 2.87. The van der Waals surface area contributed by atoms with Crippen molar-refractivity contribution in [1.82, 2.24) is 20.4 Å². The lowest BCUT2D eigenvalue weighted by atomic mass is 10.2. The van der Waals surface area contributed by atoms with Gasteiger partial charge in [-0.15, -0.1) is 0 Å². The number of ether oxygens (including phenoxy) is 1. The number of rotatable bonds is 5. The molecule has 1 aromatic carbocycles. The van der Waals surface area contributed by atoms with Gasteiger partial charge in [0.05, 0.1) is 6.04 Å². The Labute approximate surface area is 133 Å². The highest BCUT2D eigenvalue weighted by Gasteiger charge is 2.25. The Bertz CT molecular complexity index is 670. The Morgan fingerprint density at radius 3 is 2.96 bits per heavy atom. The van der Waals surface area contributed by atoms with E-state index in [2.05, 4.69) is 20.4 Å². The van der Waals surface area contributed by atoms with Crippen molar-refractivity contribution in [3.8, 4) is 5.75 Å². The van der Waals surface area contributed by atoms with Gasteiger partial charge in [0.2, 0.25) is 5.91 Å². The summed E-state index contributed by atoms with van der Waals surface area (Å²) in [5, 5.41) is 7.34. The van der Waals surface area contributed by atoms with Crippen LogP contribution in [0.15, 0.2) is 28.8 Å². The minimum Gasteiger partial charge on any atom is -0.484 e. The van der Waals surface area contributed by atoms with Crippen molar-refractivity contribution in [1.29, 1.82) is 0 Å². The highest BCUT2D eigenvalue weighted by Crippen LogP contribution is 2.18. The summed E-state index contributed by atoms with van der Waals surface area (Å²) < 4.78 is 10.8. The van der Waals surface area contributed by atoms with Crippen molar-refractivity contribution < 1.29 is 14.1 Å². The number of amides is 1. The molecule has 0 aliphatic carbocycles. The number of piperazine rings is 1. The minimum absolute atomic E-state index is 0.108. The number of aromatic nitrogens is 2. The van der Waals surface area contributed by atoms with E-state index in [1.165, 1.54) is 0 Å². The van der Waals surface area contributed by atoms with Crippen LogP contribution in [-0.4, -0.2) is 47.6 Å². The maximum absolute atomic E-state index is 11.0. The number of nitrogens with one attached hydrogen (secondary N) is 1. The SMILES string of the molecule is CN1CCNCC1c1noc(COc2ccc(C(N)=O)cc2)n1. The first kappa shape index (κ1) is 15.4. The Morgan fingerprint density at radius 1 is 1.48 bits per heavy atom. The monoisotopic (exact) mass is 317 g/mol. The van der Waals surface area contributed by atoms with E-state index in [1.54, 1.807) is 24.3 Å². The predicted octanol–water partition coefficient (Wildman–Crippen LogP) is 0.324. The fraction of sp³-hybridized carbons (Fsp3) is 0.400. The number of hydrogen-bond acceptors (Lipinski definition) is 7. The van der Waals surface area contributed by atoms with Gasteiger partial charge in [0.15, 0.2) is 12.4 Å². The van der Waals surface area contributed by atoms with Gasteiger partial charge < -0.3 is 20.3 Å². The number of nitrogens with zero attached hydrogens (tertiary/aromatic N) is 3. The van der Waals surface area contributed by atoms with E-state index in [-0.39, 0.29) is 12.6 Å². The van der Waals surface area contributed by atoms with E-state index in [0.717, 1.165) is 19.6 Å². The van der Waals surface area contributed by atoms with Crippen LogP contribution in [-0.2, 0) is 6.61 Å². The molecule has 8 nitrogen and oxygen atoms in total. The lowest BCUT2D eigenvalue weighted by molar-refractivity contribution is 0.1000. The molecule has 0 bridgehead atoms. The summed E-state index contributed by atoms with van der Waals surface area (Å²) >= 11 is 0. The van der Waals surface area contributed by atoms with Crippen LogP contribution < -0.4 is 15.8 Å². The third-order valence-corrected chi connectivity index (χ3v) is 3.79. The van der Waals surface area contributed by atoms with Gasteiger partial charge in [0.25, 0.3) is 5.89 Å². The summed E-state index contributed by atoms with van der Waals surface area (Å²) in [6.07, 6.45) is 0. The summed E-state index contributed by atoms with van der Waals surface area (Å²) in [5.41, 5.74) is 5.63. The lowest BCUT2D eigenvalue weighted by Crippen LogP contribution is -2.44. The highest BCUT2D eigenvalue weighted by molar-refractivity contribution is 5.92. The molecule has 1 atom stereocenters. The Hall–Kier alpha value is -2.45. The van der Waals surface area contributed by atoms with Gasteiger partial charge in [-0.25, -0.2) is 0 Å². The van der Waals surface area contributed by atoms with Gasteiger partial charge in [-0.3, -0.25) is 9.69 Å². The van der Waals surface area contributed by atoms with Crippen molar-refractivity contribution in [2.75, 3.05) is 26.7 Å². The van der Waals surface area contributed by atoms with Gasteiger partial charge >= 0.3 is 0 Å². The molecule has 1 amide bonds. The topological polar surface area (TPSA) is 107 Å². The van der Waals surface area contributed by atoms with Crippen LogP contribution in [0.3, 0.4) is 0 Å². The van der Waals surface area contributed by atoms with E-state index in [0.29, 0.717) is 23.0 Å². The summed E-state index contributed by atoms with van der Waals surface area (Å²) in [4.78, 5) is 17.6. The molecule has 1 aromatic heterocycles. The molecule has 1 fully saturated rings. The van der Waals surface area contributed by atoms with Crippen molar-refractivity contribution in [3.63, 3.8) is 0 Å². The van der Waals surface area contributed by atoms with E-state index < -0.39 is 5.91 Å². The predicted molar refractivity (Wildman–Crippen MR) is 81.8 cm³/mol. The molecule has 3 rings (SSSR count). The van der Waals surface area contributed by atoms with E-state index in [9.17, 15) is 4.79 Å². The van der Waals surface area contributed by atoms with Crippen molar-refractivity contribution in [2.45, 2.75) is 12.6 Å². The first-order chi connectivity index (χ1) is 11.1. The molecule has 8 heteroatoms. The smallest absolute Gasteiger partial charge is 0.264 e. The van der Waals surface area contributed by atoms with Gasteiger partial charge in [0.1, 0.15) is 5.75 Å². The number of primary amides is 1. The fourth-order valence-corrected chi connectivity index (χ4v) is 2.42. The molecule has 1 saturated heterocycles. The molecular weight excluding hydrogens is 298 g/mol. The van der Waals surface area contributed by atoms with Crippen molar-refractivity contribution in [3.05, 3.63) is 41.5 Å². The number of hydrogen-bond donors (Lipinski definition) is 2. The molecular formula is C15H19N5O3. The number of carbonyl (C=O) groups is 1. The first-order valence-corrected chi connectivity index (χ1v) is 7.39. The third-order valence-electron chi connectivity index (χ3n) is 3.79. The van der Waals surface area contributed by atoms with Crippen molar-refractivity contribution >= 4 is 5.91 Å². The second kappa shape index (κ2) is 6.76. The Morgan fingerprint density at radius 2 is 2.26 bits per heavy atom. The Kier molecular flexibility index (Phi) is 4.54. The molecule has 2 heterocycles. The van der Waals surface area contributed by atoms with Gasteiger partial charge in [-0.05, 0) is 31.3 Å². The largest absolute Gasteiger partial charge is 0.484 e. The van der Waals surface area contributed by atoms with Crippen LogP contribution >= 0.6 is 0 Å². The van der Waals surface area contributed by atoms with Gasteiger partial charge in [-0.1, -0.05) is 5.16 Å². The minimum atomic E-state index is -0.469. The molecule has 0 radical (unpaired) electrons. The zero-order chi connectivity index (χ0) is 16.2. The quantitative estimate of drug-likeness (QED) is 0.818. The highest BCUT2D eigenvalue weighted by atomic mass is 16.5. The molecule has 23 heavy (non-hydrogen) atoms. The van der Waals surface area contributed by atoms with Crippen LogP contribution in [0.4, 0.5) is 0 Å². The standard InChI is InChI=1S/C15H19N5O3/c1-20-7-6-17-8-12(20)15-18-13(23-19-15)9-22-11-4-2-10(3-5-11)14(16)21/h2-5,12,17H,6-9H2,1H3,(H2,16,21). The molecule has 0 spiro atoms. The molecule has 2 aromatic rings. The van der Waals surface area contributed by atoms with Crippen LogP contribution in [0.2, 0.25) is 0 Å². The molecule has 1 aliphatic heterocycles. The van der Waals surface area contributed by atoms with Crippen LogP contribution in [0.5, 0.6) is 5.75 Å². The summed E-state index contributed by atoms with van der Waals surface area (Å²) in [6, 6.07) is 6.68. The summed E-state index contributed by atoms with van der Waals surface area (Å²) in [7, 11) is 2.04. The zero-order valence-electron chi connectivity index (χ0n) is 12.9. The number of carbonyl (C=O) groups excluding carboxylic acids is 1. The second-order valence-electron chi connectivity index (χ2n) is 5.42. The average Bonchev–Trinajstić information content (AvgIpc) is 3.02. The molecule has 3 N–H and O–H groups in total. The molecule has 1 unspecified atom stereocenters. The normalized spacial score (nSPS) is 18.7. The maximum atomic E-state index is 11.0.